The van der Waals surface area contributed by atoms with Crippen LogP contribution in [0.3, 0.4) is 0 Å². The maximum atomic E-state index is 12.3. The van der Waals surface area contributed by atoms with Gasteiger partial charge in [-0.1, -0.05) is 6.07 Å². The average molecular weight is 402 g/mol. The maximum Gasteiger partial charge on any atom is 0.276 e. The summed E-state index contributed by atoms with van der Waals surface area (Å²) in [6.07, 6.45) is 3.13. The third-order valence-electron chi connectivity index (χ3n) is 5.35. The van der Waals surface area contributed by atoms with E-state index in [-0.39, 0.29) is 5.91 Å². The topological polar surface area (TPSA) is 86.0 Å². The molecule has 0 unspecified atom stereocenters. The number of nitrogens with one attached hydrogen (secondary N) is 2. The number of anilines is 2. The number of hydrogen-bond donors (Lipinski definition) is 2. The maximum absolute atomic E-state index is 12.3. The van der Waals surface area contributed by atoms with Crippen LogP contribution in [0.15, 0.2) is 64.0 Å². The van der Waals surface area contributed by atoms with Gasteiger partial charge in [-0.05, 0) is 55.1 Å². The molecule has 8 nitrogen and oxygen atoms in total. The Balaban J connectivity index is 1.28. The van der Waals surface area contributed by atoms with Crippen LogP contribution in [0, 0.1) is 0 Å². The number of amides is 1. The Bertz CT molecular complexity index is 1140. The van der Waals surface area contributed by atoms with E-state index in [1.807, 2.05) is 30.3 Å². The summed E-state index contributed by atoms with van der Waals surface area (Å²) in [6.45, 7) is 4.20. The van der Waals surface area contributed by atoms with Crippen molar-refractivity contribution in [3.05, 3.63) is 60.1 Å². The van der Waals surface area contributed by atoms with Crippen LogP contribution in [0.1, 0.15) is 5.56 Å². The van der Waals surface area contributed by atoms with Gasteiger partial charge in [0, 0.05) is 37.6 Å². The van der Waals surface area contributed by atoms with Crippen LogP contribution in [-0.4, -0.2) is 55.0 Å². The smallest absolute Gasteiger partial charge is 0.276 e. The molecule has 8 heteroatoms. The van der Waals surface area contributed by atoms with Crippen LogP contribution in [0.5, 0.6) is 0 Å². The number of oxazole rings is 1. The number of aromatic nitrogens is 1. The van der Waals surface area contributed by atoms with Gasteiger partial charge < -0.3 is 19.5 Å². The van der Waals surface area contributed by atoms with E-state index in [1.165, 1.54) is 12.1 Å². The van der Waals surface area contributed by atoms with Crippen LogP contribution in [0.2, 0.25) is 0 Å². The molecule has 0 bridgehead atoms. The molecular formula is C22H22N6O2. The van der Waals surface area contributed by atoms with E-state index in [0.29, 0.717) is 17.2 Å². The molecule has 0 spiro atoms. The summed E-state index contributed by atoms with van der Waals surface area (Å²) in [7, 11) is 2.15. The molecule has 152 valence electrons. The molecule has 1 aromatic heterocycles. The molecule has 0 aliphatic carbocycles. The van der Waals surface area contributed by atoms with Crippen LogP contribution in [-0.2, 0) is 4.79 Å². The summed E-state index contributed by atoms with van der Waals surface area (Å²) in [4.78, 5) is 25.5. The van der Waals surface area contributed by atoms with Crippen LogP contribution < -0.4 is 15.5 Å². The van der Waals surface area contributed by atoms with Crippen molar-refractivity contribution < 1.29 is 9.21 Å². The highest BCUT2D eigenvalue weighted by molar-refractivity contribution is 6.17. The van der Waals surface area contributed by atoms with Crippen LogP contribution >= 0.6 is 0 Å². The predicted molar refractivity (Wildman–Crippen MR) is 117 cm³/mol. The van der Waals surface area contributed by atoms with Gasteiger partial charge in [-0.2, -0.15) is 0 Å². The highest BCUT2D eigenvalue weighted by Crippen LogP contribution is 2.21. The molecule has 0 saturated carbocycles. The first-order valence-corrected chi connectivity index (χ1v) is 9.90. The van der Waals surface area contributed by atoms with Crippen molar-refractivity contribution in [1.82, 2.24) is 15.2 Å². The lowest BCUT2D eigenvalue weighted by atomic mass is 10.2. The van der Waals surface area contributed by atoms with Crippen LogP contribution in [0.4, 0.5) is 11.4 Å². The average Bonchev–Trinajstić information content (AvgIpc) is 3.35. The molecular weight excluding hydrogens is 380 g/mol. The summed E-state index contributed by atoms with van der Waals surface area (Å²) >= 11 is 0. The van der Waals surface area contributed by atoms with Gasteiger partial charge in [-0.15, -0.1) is 0 Å². The third-order valence-corrected chi connectivity index (χ3v) is 5.35. The lowest BCUT2D eigenvalue weighted by molar-refractivity contribution is -0.115. The number of nitrogens with zero attached hydrogens (tertiary/aromatic N) is 4. The Kier molecular flexibility index (Phi) is 4.68. The largest absolute Gasteiger partial charge is 0.443 e. The van der Waals surface area contributed by atoms with Gasteiger partial charge in [0.1, 0.15) is 11.2 Å². The van der Waals surface area contributed by atoms with Crippen molar-refractivity contribution >= 4 is 40.4 Å². The lowest BCUT2D eigenvalue weighted by Gasteiger charge is -2.34. The molecule has 3 aromatic rings. The molecule has 2 N–H and O–H groups in total. The Labute approximate surface area is 173 Å². The summed E-state index contributed by atoms with van der Waals surface area (Å²) in [5, 5.41) is 5.94. The van der Waals surface area contributed by atoms with Crippen molar-refractivity contribution in [3.63, 3.8) is 0 Å². The summed E-state index contributed by atoms with van der Waals surface area (Å²) < 4.78 is 5.31. The second kappa shape index (κ2) is 7.64. The van der Waals surface area contributed by atoms with E-state index < -0.39 is 0 Å². The third kappa shape index (κ3) is 3.77. The number of guanidine groups is 1. The number of aliphatic imine (C=N–C) groups is 1. The van der Waals surface area contributed by atoms with Gasteiger partial charge in [-0.3, -0.25) is 10.1 Å². The highest BCUT2D eigenvalue weighted by atomic mass is 16.3. The van der Waals surface area contributed by atoms with Crippen molar-refractivity contribution in [2.24, 2.45) is 4.99 Å². The predicted octanol–water partition coefficient (Wildman–Crippen LogP) is 2.52. The minimum Gasteiger partial charge on any atom is -0.443 e. The first-order chi connectivity index (χ1) is 14.6. The van der Waals surface area contributed by atoms with E-state index in [1.54, 1.807) is 6.08 Å². The number of piperazine rings is 1. The molecule has 1 fully saturated rings. The molecule has 5 rings (SSSR count). The van der Waals surface area contributed by atoms with Crippen molar-refractivity contribution in [1.29, 1.82) is 0 Å². The molecule has 2 aromatic carbocycles. The van der Waals surface area contributed by atoms with Crippen molar-refractivity contribution in [2.45, 2.75) is 0 Å². The quantitative estimate of drug-likeness (QED) is 0.655. The Hall–Kier alpha value is -3.65. The monoisotopic (exact) mass is 402 g/mol. The standard InChI is InChI=1S/C22H22N6O2/c1-27-8-10-28(11-9-27)17-5-3-16(4-6-17)24-22-25-19(21(29)26-22)12-15-2-7-18-20(13-15)30-14-23-18/h2-7,12-14H,8-11H2,1H3,(H2,24,25,26,29)/b19-12-. The second-order valence-corrected chi connectivity index (χ2v) is 7.49. The zero-order valence-electron chi connectivity index (χ0n) is 16.6. The Morgan fingerprint density at radius 1 is 1.10 bits per heavy atom. The van der Waals surface area contributed by atoms with E-state index >= 15 is 0 Å². The lowest BCUT2D eigenvalue weighted by Crippen LogP contribution is -2.44. The normalized spacial score (nSPS) is 18.7. The molecule has 1 amide bonds. The summed E-state index contributed by atoms with van der Waals surface area (Å²) in [5.74, 6) is 0.170. The molecule has 2 aliphatic heterocycles. The van der Waals surface area contributed by atoms with E-state index in [2.05, 4.69) is 49.6 Å². The minimum absolute atomic E-state index is 0.246. The number of rotatable bonds is 3. The van der Waals surface area contributed by atoms with Crippen molar-refractivity contribution in [2.75, 3.05) is 43.4 Å². The number of carbonyl (C=O) groups is 1. The number of likely N-dealkylation sites (N-methyl/N-ethyl adjacent to an activating group) is 1. The number of benzene rings is 2. The Morgan fingerprint density at radius 3 is 2.70 bits per heavy atom. The fourth-order valence-electron chi connectivity index (χ4n) is 3.60. The van der Waals surface area contributed by atoms with Gasteiger partial charge >= 0.3 is 0 Å². The molecule has 0 radical (unpaired) electrons. The van der Waals surface area contributed by atoms with Gasteiger partial charge in [0.2, 0.25) is 5.96 Å². The van der Waals surface area contributed by atoms with Gasteiger partial charge in [0.15, 0.2) is 12.0 Å². The fraction of sp³-hybridized carbons (Fsp3) is 0.227. The molecule has 0 atom stereocenters. The van der Waals surface area contributed by atoms with E-state index in [4.69, 9.17) is 4.42 Å². The first kappa shape index (κ1) is 18.4. The first-order valence-electron chi connectivity index (χ1n) is 9.90. The zero-order chi connectivity index (χ0) is 20.5. The zero-order valence-corrected chi connectivity index (χ0v) is 16.6. The second-order valence-electron chi connectivity index (χ2n) is 7.49. The van der Waals surface area contributed by atoms with E-state index in [9.17, 15) is 4.79 Å². The number of fused-ring (bicyclic) bond motifs is 1. The minimum atomic E-state index is -0.246. The SMILES string of the molecule is CN1CCN(c2ccc(NC3=N/C(=C\c4ccc5ncoc5c4)C(=O)N3)cc2)CC1. The van der Waals surface area contributed by atoms with Crippen LogP contribution in [0.25, 0.3) is 17.2 Å². The number of hydrogen-bond acceptors (Lipinski definition) is 7. The van der Waals surface area contributed by atoms with E-state index in [0.717, 1.165) is 42.9 Å². The fourth-order valence-corrected chi connectivity index (χ4v) is 3.60. The Morgan fingerprint density at radius 2 is 1.90 bits per heavy atom. The molecule has 30 heavy (non-hydrogen) atoms. The highest BCUT2D eigenvalue weighted by Gasteiger charge is 2.20. The van der Waals surface area contributed by atoms with Crippen molar-refractivity contribution in [3.8, 4) is 0 Å². The molecule has 1 saturated heterocycles. The summed E-state index contributed by atoms with van der Waals surface area (Å²) in [5.41, 5.74) is 4.69. The molecule has 3 heterocycles. The van der Waals surface area contributed by atoms with Gasteiger partial charge in [0.25, 0.3) is 5.91 Å². The molecule has 2 aliphatic rings. The summed E-state index contributed by atoms with van der Waals surface area (Å²) in [6, 6.07) is 13.7. The number of carbonyl (C=O) groups excluding carboxylic acids is 1. The van der Waals surface area contributed by atoms with Gasteiger partial charge in [0.05, 0.1) is 0 Å². The van der Waals surface area contributed by atoms with Gasteiger partial charge in [-0.25, -0.2) is 9.98 Å².